The lowest BCUT2D eigenvalue weighted by atomic mass is 10.4. The summed E-state index contributed by atoms with van der Waals surface area (Å²) in [6.45, 7) is 0.816. The maximum atomic E-state index is 4.11. The molecule has 0 N–H and O–H groups in total. The average Bonchev–Trinajstić information content (AvgIpc) is 2.21. The molecular formula is C9H8N3. The van der Waals surface area contributed by atoms with Crippen molar-refractivity contribution in [1.82, 2.24) is 9.97 Å². The topological polar surface area (TPSA) is 29.0 Å². The first-order valence-electron chi connectivity index (χ1n) is 3.75. The van der Waals surface area contributed by atoms with Crippen molar-refractivity contribution in [2.45, 2.75) is 0 Å². The lowest BCUT2D eigenvalue weighted by Gasteiger charge is -2.16. The van der Waals surface area contributed by atoms with Crippen LogP contribution in [0, 0.1) is 6.08 Å². The first-order chi connectivity index (χ1) is 5.97. The molecule has 0 bridgehead atoms. The molecule has 12 heavy (non-hydrogen) atoms. The van der Waals surface area contributed by atoms with E-state index in [2.05, 4.69) is 16.0 Å². The van der Waals surface area contributed by atoms with Crippen LogP contribution < -0.4 is 4.90 Å². The van der Waals surface area contributed by atoms with Gasteiger partial charge in [0.25, 0.3) is 0 Å². The number of allylic oxidation sites excluding steroid dienone is 2. The van der Waals surface area contributed by atoms with Crippen molar-refractivity contribution in [2.24, 2.45) is 0 Å². The molecule has 0 unspecified atom stereocenters. The Balaban J connectivity index is 2.21. The molecule has 2 rings (SSSR count). The van der Waals surface area contributed by atoms with E-state index in [9.17, 15) is 0 Å². The molecule has 1 aromatic heterocycles. The van der Waals surface area contributed by atoms with Gasteiger partial charge in [0.15, 0.2) is 0 Å². The third-order valence-corrected chi connectivity index (χ3v) is 1.56. The van der Waals surface area contributed by atoms with E-state index >= 15 is 0 Å². The second kappa shape index (κ2) is 3.17. The Morgan fingerprint density at radius 3 is 2.83 bits per heavy atom. The average molecular weight is 158 g/mol. The number of aromatic nitrogens is 2. The van der Waals surface area contributed by atoms with Crippen LogP contribution in [0.25, 0.3) is 0 Å². The Morgan fingerprint density at radius 1 is 1.33 bits per heavy atom. The Labute approximate surface area is 71.1 Å². The van der Waals surface area contributed by atoms with Gasteiger partial charge < -0.3 is 4.90 Å². The van der Waals surface area contributed by atoms with Crippen LogP contribution in [0.3, 0.4) is 0 Å². The molecule has 0 saturated heterocycles. The van der Waals surface area contributed by atoms with Gasteiger partial charge in [-0.3, -0.25) is 0 Å². The van der Waals surface area contributed by atoms with E-state index in [4.69, 9.17) is 0 Å². The smallest absolute Gasteiger partial charge is 0.229 e. The zero-order chi connectivity index (χ0) is 8.23. The molecule has 3 heteroatoms. The molecule has 2 heterocycles. The van der Waals surface area contributed by atoms with Crippen LogP contribution in [0.4, 0.5) is 5.95 Å². The molecule has 0 spiro atoms. The summed E-state index contributed by atoms with van der Waals surface area (Å²) in [5.41, 5.74) is 0. The monoisotopic (exact) mass is 158 g/mol. The van der Waals surface area contributed by atoms with Gasteiger partial charge in [0.1, 0.15) is 0 Å². The Bertz CT molecular complexity index is 303. The van der Waals surface area contributed by atoms with Crippen molar-refractivity contribution >= 4 is 5.95 Å². The quantitative estimate of drug-likeness (QED) is 0.614. The third kappa shape index (κ3) is 1.34. The molecule has 0 atom stereocenters. The molecule has 0 aliphatic carbocycles. The van der Waals surface area contributed by atoms with Crippen LogP contribution in [0.15, 0.2) is 36.8 Å². The standard InChI is InChI=1S/C9H8N3/c1-2-7-12(8-3-1)9-10-5-4-6-11-9/h1-2,4-6,8H,7H2. The molecule has 0 amide bonds. The number of hydrogen-bond donors (Lipinski definition) is 0. The lowest BCUT2D eigenvalue weighted by molar-refractivity contribution is 0.970. The first kappa shape index (κ1) is 7.03. The van der Waals surface area contributed by atoms with E-state index in [0.717, 1.165) is 6.54 Å². The summed E-state index contributed by atoms with van der Waals surface area (Å²) in [6.07, 6.45) is 12.2. The van der Waals surface area contributed by atoms with Crippen LogP contribution in [-0.2, 0) is 0 Å². The van der Waals surface area contributed by atoms with Crippen molar-refractivity contribution in [3.63, 3.8) is 0 Å². The normalized spacial score (nSPS) is 15.2. The fourth-order valence-electron chi connectivity index (χ4n) is 0.999. The second-order valence-corrected chi connectivity index (χ2v) is 2.40. The van der Waals surface area contributed by atoms with Gasteiger partial charge in [-0.2, -0.15) is 0 Å². The van der Waals surface area contributed by atoms with Crippen LogP contribution in [0.2, 0.25) is 0 Å². The molecule has 1 aromatic rings. The highest BCUT2D eigenvalue weighted by molar-refractivity contribution is 5.36. The molecule has 1 radical (unpaired) electrons. The van der Waals surface area contributed by atoms with Crippen LogP contribution >= 0.6 is 0 Å². The van der Waals surface area contributed by atoms with E-state index in [1.165, 1.54) is 0 Å². The molecule has 1 aliphatic heterocycles. The maximum absolute atomic E-state index is 4.11. The lowest BCUT2D eigenvalue weighted by Crippen LogP contribution is -2.19. The van der Waals surface area contributed by atoms with Gasteiger partial charge in [0.05, 0.1) is 0 Å². The number of rotatable bonds is 1. The highest BCUT2D eigenvalue weighted by atomic mass is 15.2. The maximum Gasteiger partial charge on any atom is 0.229 e. The van der Waals surface area contributed by atoms with Gasteiger partial charge in [-0.1, -0.05) is 12.2 Å². The van der Waals surface area contributed by atoms with Crippen molar-refractivity contribution in [2.75, 3.05) is 11.4 Å². The van der Waals surface area contributed by atoms with E-state index in [1.807, 2.05) is 23.3 Å². The van der Waals surface area contributed by atoms with E-state index in [-0.39, 0.29) is 0 Å². The van der Waals surface area contributed by atoms with Crippen molar-refractivity contribution < 1.29 is 0 Å². The Kier molecular flexibility index (Phi) is 1.86. The summed E-state index contributed by atoms with van der Waals surface area (Å²) in [5.74, 6) is 0.717. The van der Waals surface area contributed by atoms with Gasteiger partial charge in [0.2, 0.25) is 5.95 Å². The molecule has 0 saturated carbocycles. The summed E-state index contributed by atoms with van der Waals surface area (Å²) >= 11 is 0. The van der Waals surface area contributed by atoms with Crippen LogP contribution in [0.1, 0.15) is 0 Å². The highest BCUT2D eigenvalue weighted by Gasteiger charge is 2.03. The van der Waals surface area contributed by atoms with Crippen molar-refractivity contribution in [1.29, 1.82) is 0 Å². The van der Waals surface area contributed by atoms with Gasteiger partial charge >= 0.3 is 0 Å². The van der Waals surface area contributed by atoms with Gasteiger partial charge in [-0.05, 0) is 12.1 Å². The number of hydrogen-bond acceptors (Lipinski definition) is 3. The molecule has 0 aromatic carbocycles. The second-order valence-electron chi connectivity index (χ2n) is 2.40. The molecule has 59 valence electrons. The molecule has 1 aliphatic rings. The van der Waals surface area contributed by atoms with E-state index in [0.29, 0.717) is 5.95 Å². The number of anilines is 1. The molecular weight excluding hydrogens is 150 g/mol. The number of nitrogens with zero attached hydrogens (tertiary/aromatic N) is 3. The van der Waals surface area contributed by atoms with Gasteiger partial charge in [0, 0.05) is 25.1 Å². The zero-order valence-electron chi connectivity index (χ0n) is 6.51. The minimum absolute atomic E-state index is 0.717. The SMILES string of the molecule is [C]1=CN(c2ncccn2)CC=C1. The molecule has 0 fully saturated rings. The Morgan fingerprint density at radius 2 is 2.17 bits per heavy atom. The minimum atomic E-state index is 0.717. The minimum Gasteiger partial charge on any atom is -0.313 e. The summed E-state index contributed by atoms with van der Waals surface area (Å²) < 4.78 is 0. The summed E-state index contributed by atoms with van der Waals surface area (Å²) in [5, 5.41) is 0. The highest BCUT2D eigenvalue weighted by Crippen LogP contribution is 2.07. The van der Waals surface area contributed by atoms with Gasteiger partial charge in [-0.15, -0.1) is 0 Å². The van der Waals surface area contributed by atoms with Gasteiger partial charge in [-0.25, -0.2) is 9.97 Å². The summed E-state index contributed by atoms with van der Waals surface area (Å²) in [6, 6.07) is 1.80. The molecule has 3 nitrogen and oxygen atoms in total. The summed E-state index contributed by atoms with van der Waals surface area (Å²) in [4.78, 5) is 10.2. The fraction of sp³-hybridized carbons (Fsp3) is 0.111. The third-order valence-electron chi connectivity index (χ3n) is 1.56. The largest absolute Gasteiger partial charge is 0.313 e. The fourth-order valence-corrected chi connectivity index (χ4v) is 0.999. The first-order valence-corrected chi connectivity index (χ1v) is 3.75. The van der Waals surface area contributed by atoms with Crippen LogP contribution in [0.5, 0.6) is 0 Å². The van der Waals surface area contributed by atoms with Crippen LogP contribution in [-0.4, -0.2) is 16.5 Å². The van der Waals surface area contributed by atoms with Crippen molar-refractivity contribution in [3.05, 3.63) is 42.9 Å². The van der Waals surface area contributed by atoms with E-state index in [1.54, 1.807) is 18.5 Å². The van der Waals surface area contributed by atoms with E-state index < -0.39 is 0 Å². The zero-order valence-corrected chi connectivity index (χ0v) is 6.51. The Hall–Kier alpha value is -1.64. The van der Waals surface area contributed by atoms with Crippen molar-refractivity contribution in [3.8, 4) is 0 Å². The summed E-state index contributed by atoms with van der Waals surface area (Å²) in [7, 11) is 0. The predicted octanol–water partition coefficient (Wildman–Crippen LogP) is 1.17. The predicted molar refractivity (Wildman–Crippen MR) is 46.3 cm³/mol.